The first-order valence-corrected chi connectivity index (χ1v) is 6.58. The van der Waals surface area contributed by atoms with Gasteiger partial charge in [0.25, 0.3) is 0 Å². The monoisotopic (exact) mass is 276 g/mol. The number of hydrogen-bond donors (Lipinski definition) is 1. The Hall–Kier alpha value is -1.74. The minimum Gasteiger partial charge on any atom is -0.389 e. The Bertz CT molecular complexity index is 588. The Kier molecular flexibility index (Phi) is 4.19. The minimum absolute atomic E-state index is 0.274. The summed E-state index contributed by atoms with van der Waals surface area (Å²) in [6, 6.07) is 10.7. The van der Waals surface area contributed by atoms with Crippen molar-refractivity contribution >= 4 is 0 Å². The zero-order valence-electron chi connectivity index (χ0n) is 11.7. The van der Waals surface area contributed by atoms with Crippen LogP contribution in [0.4, 0.5) is 8.78 Å². The third-order valence-corrected chi connectivity index (χ3v) is 3.37. The molecule has 2 rings (SSSR count). The fraction of sp³-hybridized carbons (Fsp3) is 0.294. The summed E-state index contributed by atoms with van der Waals surface area (Å²) in [5.41, 5.74) is 1.65. The van der Waals surface area contributed by atoms with E-state index in [9.17, 15) is 13.9 Å². The molecule has 0 aromatic heterocycles. The van der Waals surface area contributed by atoms with Crippen LogP contribution < -0.4 is 0 Å². The van der Waals surface area contributed by atoms with Crippen LogP contribution in [0.15, 0.2) is 42.5 Å². The van der Waals surface area contributed by atoms with Gasteiger partial charge < -0.3 is 5.11 Å². The lowest BCUT2D eigenvalue weighted by Gasteiger charge is -2.24. The van der Waals surface area contributed by atoms with Gasteiger partial charge in [0.15, 0.2) is 0 Å². The van der Waals surface area contributed by atoms with Crippen LogP contribution in [0.1, 0.15) is 23.6 Å². The molecule has 20 heavy (non-hydrogen) atoms. The topological polar surface area (TPSA) is 20.2 Å². The molecule has 0 spiro atoms. The lowest BCUT2D eigenvalue weighted by Crippen LogP contribution is -2.30. The van der Waals surface area contributed by atoms with Crippen molar-refractivity contribution in [1.29, 1.82) is 0 Å². The van der Waals surface area contributed by atoms with Crippen molar-refractivity contribution in [2.75, 3.05) is 0 Å². The molecule has 106 valence electrons. The highest BCUT2D eigenvalue weighted by Gasteiger charge is 2.22. The second-order valence-electron chi connectivity index (χ2n) is 5.55. The predicted octanol–water partition coefficient (Wildman–Crippen LogP) is 3.81. The fourth-order valence-electron chi connectivity index (χ4n) is 2.37. The smallest absolute Gasteiger partial charge is 0.123 e. The van der Waals surface area contributed by atoms with Crippen molar-refractivity contribution in [3.8, 4) is 0 Å². The van der Waals surface area contributed by atoms with Gasteiger partial charge >= 0.3 is 0 Å². The summed E-state index contributed by atoms with van der Waals surface area (Å²) in [7, 11) is 0. The van der Waals surface area contributed by atoms with E-state index in [-0.39, 0.29) is 11.6 Å². The van der Waals surface area contributed by atoms with Crippen molar-refractivity contribution in [3.05, 3.63) is 70.8 Å². The van der Waals surface area contributed by atoms with Gasteiger partial charge in [-0.2, -0.15) is 0 Å². The zero-order chi connectivity index (χ0) is 14.8. The summed E-state index contributed by atoms with van der Waals surface area (Å²) in [6.07, 6.45) is 0.848. The number of aliphatic hydroxyl groups is 1. The first kappa shape index (κ1) is 14.7. The maximum absolute atomic E-state index is 13.1. The molecule has 0 aliphatic rings. The number of halogens is 2. The van der Waals surface area contributed by atoms with E-state index in [1.54, 1.807) is 25.1 Å². The normalized spacial score (nSPS) is 14.1. The highest BCUT2D eigenvalue weighted by atomic mass is 19.1. The van der Waals surface area contributed by atoms with Gasteiger partial charge in [0.1, 0.15) is 11.6 Å². The van der Waals surface area contributed by atoms with Crippen LogP contribution in [0.3, 0.4) is 0 Å². The van der Waals surface area contributed by atoms with E-state index in [4.69, 9.17) is 0 Å². The van der Waals surface area contributed by atoms with E-state index >= 15 is 0 Å². The highest BCUT2D eigenvalue weighted by Crippen LogP contribution is 2.21. The van der Waals surface area contributed by atoms with Crippen LogP contribution in [0.25, 0.3) is 0 Å². The second-order valence-corrected chi connectivity index (χ2v) is 5.55. The molecule has 0 saturated heterocycles. The molecule has 0 fully saturated rings. The number of benzene rings is 2. The van der Waals surface area contributed by atoms with E-state index in [0.29, 0.717) is 12.8 Å². The molecule has 1 N–H and O–H groups in total. The van der Waals surface area contributed by atoms with Gasteiger partial charge in [0.2, 0.25) is 0 Å². The third kappa shape index (κ3) is 3.87. The molecule has 1 atom stereocenters. The van der Waals surface area contributed by atoms with Crippen LogP contribution in [-0.4, -0.2) is 10.7 Å². The Labute approximate surface area is 117 Å². The van der Waals surface area contributed by atoms with Gasteiger partial charge in [0.05, 0.1) is 5.60 Å². The Balaban J connectivity index is 2.12. The van der Waals surface area contributed by atoms with Gasteiger partial charge in [-0.1, -0.05) is 18.2 Å². The maximum atomic E-state index is 13.1. The summed E-state index contributed by atoms with van der Waals surface area (Å²) >= 11 is 0. The molecule has 0 radical (unpaired) electrons. The lowest BCUT2D eigenvalue weighted by atomic mass is 9.88. The Morgan fingerprint density at radius 1 is 0.950 bits per heavy atom. The molecule has 3 heteroatoms. The molecule has 0 amide bonds. The molecular weight excluding hydrogens is 258 g/mol. The largest absolute Gasteiger partial charge is 0.389 e. The average Bonchev–Trinajstić information content (AvgIpc) is 2.35. The fourth-order valence-corrected chi connectivity index (χ4v) is 2.37. The van der Waals surface area contributed by atoms with E-state index in [1.165, 1.54) is 24.3 Å². The maximum Gasteiger partial charge on any atom is 0.123 e. The van der Waals surface area contributed by atoms with Gasteiger partial charge in [-0.3, -0.25) is 0 Å². The Morgan fingerprint density at radius 2 is 1.55 bits per heavy atom. The molecule has 0 bridgehead atoms. The predicted molar refractivity (Wildman–Crippen MR) is 75.6 cm³/mol. The quantitative estimate of drug-likeness (QED) is 0.900. The minimum atomic E-state index is -0.958. The summed E-state index contributed by atoms with van der Waals surface area (Å²) in [5.74, 6) is -0.563. The molecule has 0 saturated carbocycles. The van der Waals surface area contributed by atoms with Gasteiger partial charge in [0, 0.05) is 12.8 Å². The van der Waals surface area contributed by atoms with E-state index < -0.39 is 5.60 Å². The van der Waals surface area contributed by atoms with Crippen LogP contribution >= 0.6 is 0 Å². The molecular formula is C17H18F2O. The third-order valence-electron chi connectivity index (χ3n) is 3.37. The van der Waals surface area contributed by atoms with Gasteiger partial charge in [-0.15, -0.1) is 0 Å². The molecule has 1 nitrogen and oxygen atoms in total. The number of hydrogen-bond acceptors (Lipinski definition) is 1. The molecule has 2 aromatic rings. The van der Waals surface area contributed by atoms with Crippen LogP contribution in [0.2, 0.25) is 0 Å². The summed E-state index contributed by atoms with van der Waals surface area (Å²) in [4.78, 5) is 0. The molecule has 2 aromatic carbocycles. The molecule has 0 aliphatic heterocycles. The van der Waals surface area contributed by atoms with Crippen molar-refractivity contribution in [1.82, 2.24) is 0 Å². The summed E-state index contributed by atoms with van der Waals surface area (Å²) in [5, 5.41) is 10.5. The molecule has 1 unspecified atom stereocenters. The van der Waals surface area contributed by atoms with Crippen molar-refractivity contribution < 1.29 is 13.9 Å². The highest BCUT2D eigenvalue weighted by molar-refractivity contribution is 5.28. The second kappa shape index (κ2) is 5.71. The van der Waals surface area contributed by atoms with E-state index in [0.717, 1.165) is 16.7 Å². The first-order chi connectivity index (χ1) is 9.35. The van der Waals surface area contributed by atoms with E-state index in [1.807, 2.05) is 6.92 Å². The Morgan fingerprint density at radius 3 is 2.15 bits per heavy atom. The average molecular weight is 276 g/mol. The van der Waals surface area contributed by atoms with E-state index in [2.05, 4.69) is 0 Å². The number of aryl methyl sites for hydroxylation is 1. The standard InChI is InChI=1S/C17H18F2O/c1-12-9-16(19)8-5-14(12)11-17(2,20)10-13-3-6-15(18)7-4-13/h3-9,20H,10-11H2,1-2H3. The van der Waals surface area contributed by atoms with Crippen molar-refractivity contribution in [2.45, 2.75) is 32.3 Å². The van der Waals surface area contributed by atoms with Gasteiger partial charge in [-0.25, -0.2) is 8.78 Å². The van der Waals surface area contributed by atoms with Crippen LogP contribution in [0, 0.1) is 18.6 Å². The lowest BCUT2D eigenvalue weighted by molar-refractivity contribution is 0.0606. The van der Waals surface area contributed by atoms with Gasteiger partial charge in [-0.05, 0) is 54.8 Å². The first-order valence-electron chi connectivity index (χ1n) is 6.58. The molecule has 0 aliphatic carbocycles. The summed E-state index contributed by atoms with van der Waals surface area (Å²) in [6.45, 7) is 3.56. The SMILES string of the molecule is Cc1cc(F)ccc1CC(C)(O)Cc1ccc(F)cc1. The van der Waals surface area contributed by atoms with Crippen molar-refractivity contribution in [3.63, 3.8) is 0 Å². The van der Waals surface area contributed by atoms with Crippen molar-refractivity contribution in [2.24, 2.45) is 0 Å². The zero-order valence-corrected chi connectivity index (χ0v) is 11.7. The molecule has 0 heterocycles. The van der Waals surface area contributed by atoms with Crippen LogP contribution in [-0.2, 0) is 12.8 Å². The summed E-state index contributed by atoms with van der Waals surface area (Å²) < 4.78 is 25.9. The van der Waals surface area contributed by atoms with Crippen LogP contribution in [0.5, 0.6) is 0 Å². The number of rotatable bonds is 4.